The summed E-state index contributed by atoms with van der Waals surface area (Å²) in [7, 11) is 0.309. The lowest BCUT2D eigenvalue weighted by molar-refractivity contribution is 0.216. The second-order valence-corrected chi connectivity index (χ2v) is 8.29. The van der Waals surface area contributed by atoms with Gasteiger partial charge in [0, 0.05) is 5.56 Å². The monoisotopic (exact) mass is 331 g/mol. The van der Waals surface area contributed by atoms with Crippen molar-refractivity contribution in [3.05, 3.63) is 65.2 Å². The summed E-state index contributed by atoms with van der Waals surface area (Å²) in [5.41, 5.74) is 1.86. The predicted octanol–water partition coefficient (Wildman–Crippen LogP) is 2.55. The Hall–Kier alpha value is -1.69. The third kappa shape index (κ3) is 2.80. The van der Waals surface area contributed by atoms with Crippen LogP contribution >= 0.6 is 0 Å². The lowest BCUT2D eigenvalue weighted by Crippen LogP contribution is -2.21. The van der Waals surface area contributed by atoms with Crippen LogP contribution in [0.3, 0.4) is 0 Å². The normalized spacial score (nSPS) is 22.3. The molecular weight excluding hydrogens is 310 g/mol. The molecule has 0 aromatic heterocycles. The average molecular weight is 331 g/mol. The van der Waals surface area contributed by atoms with Gasteiger partial charge in [-0.05, 0) is 44.3 Å². The van der Waals surface area contributed by atoms with Crippen molar-refractivity contribution in [3.8, 4) is 0 Å². The third-order valence-electron chi connectivity index (χ3n) is 4.37. The number of hydrogen-bond acceptors (Lipinski definition) is 4. The fourth-order valence-corrected chi connectivity index (χ4v) is 5.24. The molecule has 0 saturated heterocycles. The van der Waals surface area contributed by atoms with Crippen molar-refractivity contribution in [2.24, 2.45) is 0 Å². The van der Waals surface area contributed by atoms with Gasteiger partial charge in [0.1, 0.15) is 6.10 Å². The Morgan fingerprint density at radius 3 is 2.17 bits per heavy atom. The van der Waals surface area contributed by atoms with Gasteiger partial charge in [-0.3, -0.25) is 0 Å². The van der Waals surface area contributed by atoms with Crippen LogP contribution in [0.4, 0.5) is 0 Å². The molecule has 4 nitrogen and oxygen atoms in total. The smallest absolute Gasteiger partial charge is 0.185 e. The Morgan fingerprint density at radius 1 is 0.957 bits per heavy atom. The second-order valence-electron chi connectivity index (χ2n) is 6.19. The van der Waals surface area contributed by atoms with Gasteiger partial charge in [0.2, 0.25) is 0 Å². The maximum Gasteiger partial charge on any atom is 0.185 e. The third-order valence-corrected chi connectivity index (χ3v) is 6.59. The number of aliphatic hydroxyl groups is 1. The van der Waals surface area contributed by atoms with Crippen molar-refractivity contribution >= 4 is 9.84 Å². The zero-order chi connectivity index (χ0) is 16.6. The zero-order valence-electron chi connectivity index (χ0n) is 13.3. The standard InChI is InChI=1S/C18H21NO3S/c1-19(2)12-11-17-13-7-3-4-8-14(13)18(20)15-9-5-6-10-16(15)23(17,21)22/h3-10,17-18,20H,11-12H2,1-2H3/t17-,18-/m1/s1. The quantitative estimate of drug-likeness (QED) is 0.939. The maximum absolute atomic E-state index is 13.2. The highest BCUT2D eigenvalue weighted by molar-refractivity contribution is 7.91. The van der Waals surface area contributed by atoms with Crippen LogP contribution in [0.2, 0.25) is 0 Å². The Kier molecular flexibility index (Phi) is 4.27. The lowest BCUT2D eigenvalue weighted by atomic mass is 9.94. The van der Waals surface area contributed by atoms with Crippen LogP contribution in [0.5, 0.6) is 0 Å². The van der Waals surface area contributed by atoms with Crippen LogP contribution in [0, 0.1) is 0 Å². The number of rotatable bonds is 3. The van der Waals surface area contributed by atoms with Crippen molar-refractivity contribution in [1.29, 1.82) is 0 Å². The Labute approximate surface area is 137 Å². The molecule has 1 N–H and O–H groups in total. The topological polar surface area (TPSA) is 57.6 Å². The van der Waals surface area contributed by atoms with Crippen LogP contribution in [-0.4, -0.2) is 39.1 Å². The SMILES string of the molecule is CN(C)CC[C@@H]1c2ccccc2[C@@H](O)c2ccccc2S1(=O)=O. The van der Waals surface area contributed by atoms with E-state index < -0.39 is 21.2 Å². The molecule has 2 aromatic rings. The molecule has 0 saturated carbocycles. The second kappa shape index (κ2) is 6.07. The predicted molar refractivity (Wildman–Crippen MR) is 90.0 cm³/mol. The molecule has 0 bridgehead atoms. The molecule has 5 heteroatoms. The van der Waals surface area contributed by atoms with Gasteiger partial charge in [0.05, 0.1) is 10.1 Å². The fraction of sp³-hybridized carbons (Fsp3) is 0.333. The minimum absolute atomic E-state index is 0.243. The van der Waals surface area contributed by atoms with E-state index in [9.17, 15) is 13.5 Å². The fourth-order valence-electron chi connectivity index (χ4n) is 3.19. The van der Waals surface area contributed by atoms with Crippen LogP contribution in [0.15, 0.2) is 53.4 Å². The summed E-state index contributed by atoms with van der Waals surface area (Å²) >= 11 is 0. The molecule has 2 aromatic carbocycles. The van der Waals surface area contributed by atoms with E-state index in [-0.39, 0.29) is 4.90 Å². The molecule has 0 radical (unpaired) electrons. The van der Waals surface area contributed by atoms with Gasteiger partial charge in [0.15, 0.2) is 9.84 Å². The highest BCUT2D eigenvalue weighted by Gasteiger charge is 2.37. The molecule has 3 rings (SSSR count). The number of nitrogens with zero attached hydrogens (tertiary/aromatic N) is 1. The summed E-state index contributed by atoms with van der Waals surface area (Å²) in [5, 5.41) is 10.1. The van der Waals surface area contributed by atoms with Gasteiger partial charge in [-0.2, -0.15) is 0 Å². The molecule has 1 aliphatic rings. The van der Waals surface area contributed by atoms with Crippen LogP contribution in [0.25, 0.3) is 0 Å². The highest BCUT2D eigenvalue weighted by Crippen LogP contribution is 2.43. The van der Waals surface area contributed by atoms with Gasteiger partial charge in [-0.25, -0.2) is 8.42 Å². The molecule has 0 amide bonds. The van der Waals surface area contributed by atoms with Crippen molar-refractivity contribution in [2.75, 3.05) is 20.6 Å². The van der Waals surface area contributed by atoms with E-state index in [0.29, 0.717) is 29.7 Å². The first kappa shape index (κ1) is 16.2. The zero-order valence-corrected chi connectivity index (χ0v) is 14.1. The summed E-state index contributed by atoms with van der Waals surface area (Å²) < 4.78 is 26.4. The molecule has 122 valence electrons. The van der Waals surface area contributed by atoms with Crippen LogP contribution < -0.4 is 0 Å². The molecule has 0 fully saturated rings. The van der Waals surface area contributed by atoms with Gasteiger partial charge in [0.25, 0.3) is 0 Å². The first-order valence-corrected chi connectivity index (χ1v) is 9.22. The molecule has 0 spiro atoms. The van der Waals surface area contributed by atoms with E-state index >= 15 is 0 Å². The molecule has 0 aliphatic carbocycles. The highest BCUT2D eigenvalue weighted by atomic mass is 32.2. The minimum atomic E-state index is -3.55. The van der Waals surface area contributed by atoms with E-state index in [1.807, 2.05) is 43.3 Å². The molecule has 1 heterocycles. The van der Waals surface area contributed by atoms with Gasteiger partial charge in [-0.1, -0.05) is 42.5 Å². The molecular formula is C18H21NO3S. The number of fused-ring (bicyclic) bond motifs is 2. The van der Waals surface area contributed by atoms with Crippen LogP contribution in [-0.2, 0) is 9.84 Å². The van der Waals surface area contributed by atoms with E-state index in [1.54, 1.807) is 24.3 Å². The minimum Gasteiger partial charge on any atom is -0.384 e. The van der Waals surface area contributed by atoms with Gasteiger partial charge >= 0.3 is 0 Å². The van der Waals surface area contributed by atoms with Crippen molar-refractivity contribution in [1.82, 2.24) is 4.90 Å². The van der Waals surface area contributed by atoms with Crippen molar-refractivity contribution < 1.29 is 13.5 Å². The average Bonchev–Trinajstić information content (AvgIpc) is 2.60. The number of aliphatic hydroxyl groups excluding tert-OH is 1. The molecule has 0 unspecified atom stereocenters. The summed E-state index contributed by atoms with van der Waals surface area (Å²) in [4.78, 5) is 2.22. The molecule has 23 heavy (non-hydrogen) atoms. The number of sulfone groups is 1. The van der Waals surface area contributed by atoms with E-state index in [0.717, 1.165) is 0 Å². The van der Waals surface area contributed by atoms with E-state index in [4.69, 9.17) is 0 Å². The van der Waals surface area contributed by atoms with Gasteiger partial charge < -0.3 is 10.0 Å². The first-order valence-electron chi connectivity index (χ1n) is 7.67. The van der Waals surface area contributed by atoms with Crippen LogP contribution in [0.1, 0.15) is 34.5 Å². The number of hydrogen-bond donors (Lipinski definition) is 1. The van der Waals surface area contributed by atoms with E-state index in [2.05, 4.69) is 0 Å². The summed E-state index contributed by atoms with van der Waals surface area (Å²) in [6.45, 7) is 0.663. The molecule has 1 aliphatic heterocycles. The lowest BCUT2D eigenvalue weighted by Gasteiger charge is -2.20. The summed E-state index contributed by atoms with van der Waals surface area (Å²) in [6, 6.07) is 14.1. The maximum atomic E-state index is 13.2. The Morgan fingerprint density at radius 2 is 1.52 bits per heavy atom. The summed E-state index contributed by atoms with van der Waals surface area (Å²) in [5.74, 6) is 0. The first-order chi connectivity index (χ1) is 10.9. The van der Waals surface area contributed by atoms with E-state index in [1.165, 1.54) is 0 Å². The largest absolute Gasteiger partial charge is 0.384 e. The summed E-state index contributed by atoms with van der Waals surface area (Å²) in [6.07, 6.45) is -0.422. The van der Waals surface area contributed by atoms with Crippen molar-refractivity contribution in [3.63, 3.8) is 0 Å². The Balaban J connectivity index is 2.24. The van der Waals surface area contributed by atoms with Crippen molar-refractivity contribution in [2.45, 2.75) is 22.7 Å². The number of benzene rings is 2. The molecule has 2 atom stereocenters. The Bertz CT molecular complexity index is 815. The van der Waals surface area contributed by atoms with Gasteiger partial charge in [-0.15, -0.1) is 0 Å².